The highest BCUT2D eigenvalue weighted by atomic mass is 32.1. The molecule has 0 saturated heterocycles. The van der Waals surface area contributed by atoms with E-state index in [1.165, 1.54) is 7.11 Å². The number of methoxy groups -OCH3 is 1. The van der Waals surface area contributed by atoms with Crippen LogP contribution in [0.1, 0.15) is 12.5 Å². The minimum Gasteiger partial charge on any atom is -0.465 e. The highest BCUT2D eigenvalue weighted by Gasteiger charge is 2.12. The van der Waals surface area contributed by atoms with Gasteiger partial charge in [0.05, 0.1) is 12.7 Å². The molecule has 0 aliphatic carbocycles. The van der Waals surface area contributed by atoms with Gasteiger partial charge in [-0.05, 0) is 13.0 Å². The number of benzene rings is 1. The van der Waals surface area contributed by atoms with Gasteiger partial charge < -0.3 is 4.74 Å². The first-order valence-electron chi connectivity index (χ1n) is 4.23. The predicted octanol–water partition coefficient (Wildman–Crippen LogP) is 2.55. The fourth-order valence-electron chi connectivity index (χ4n) is 1.19. The summed E-state index contributed by atoms with van der Waals surface area (Å²) >= 11 is 4.28. The average molecular weight is 208 g/mol. The van der Waals surface area contributed by atoms with Crippen molar-refractivity contribution >= 4 is 24.2 Å². The van der Waals surface area contributed by atoms with Crippen LogP contribution in [0.25, 0.3) is 5.57 Å². The second-order valence-corrected chi connectivity index (χ2v) is 3.19. The second kappa shape index (κ2) is 4.86. The monoisotopic (exact) mass is 208 g/mol. The molecule has 3 heteroatoms. The van der Waals surface area contributed by atoms with Crippen LogP contribution < -0.4 is 0 Å². The van der Waals surface area contributed by atoms with Gasteiger partial charge in [0.15, 0.2) is 0 Å². The van der Waals surface area contributed by atoms with E-state index >= 15 is 0 Å². The summed E-state index contributed by atoms with van der Waals surface area (Å²) in [5, 5.41) is 0. The number of rotatable bonds is 2. The van der Waals surface area contributed by atoms with Crippen LogP contribution in [0.3, 0.4) is 0 Å². The van der Waals surface area contributed by atoms with E-state index in [0.29, 0.717) is 5.57 Å². The summed E-state index contributed by atoms with van der Waals surface area (Å²) in [6.07, 6.45) is 1.72. The Balaban J connectivity index is 3.15. The molecular weight excluding hydrogens is 196 g/mol. The van der Waals surface area contributed by atoms with E-state index in [1.54, 1.807) is 13.0 Å². The minimum atomic E-state index is -0.339. The van der Waals surface area contributed by atoms with Gasteiger partial charge in [0.25, 0.3) is 0 Å². The molecule has 0 unspecified atom stereocenters. The fourth-order valence-corrected chi connectivity index (χ4v) is 1.48. The smallest absolute Gasteiger partial charge is 0.338 e. The summed E-state index contributed by atoms with van der Waals surface area (Å²) in [4.78, 5) is 12.1. The van der Waals surface area contributed by atoms with Crippen molar-refractivity contribution in [2.24, 2.45) is 0 Å². The van der Waals surface area contributed by atoms with Crippen LogP contribution in [-0.2, 0) is 9.53 Å². The van der Waals surface area contributed by atoms with Gasteiger partial charge in [-0.15, -0.1) is 12.6 Å². The van der Waals surface area contributed by atoms with Crippen LogP contribution in [0, 0.1) is 0 Å². The maximum atomic E-state index is 11.4. The predicted molar refractivity (Wildman–Crippen MR) is 59.4 cm³/mol. The molecule has 14 heavy (non-hydrogen) atoms. The Morgan fingerprint density at radius 1 is 1.43 bits per heavy atom. The molecule has 0 amide bonds. The third-order valence-corrected chi connectivity index (χ3v) is 2.28. The highest BCUT2D eigenvalue weighted by molar-refractivity contribution is 7.80. The molecule has 2 nitrogen and oxygen atoms in total. The van der Waals surface area contributed by atoms with Crippen molar-refractivity contribution in [3.8, 4) is 0 Å². The maximum absolute atomic E-state index is 11.4. The third kappa shape index (κ3) is 2.17. The zero-order valence-electron chi connectivity index (χ0n) is 8.15. The Kier molecular flexibility index (Phi) is 3.77. The second-order valence-electron chi connectivity index (χ2n) is 2.71. The van der Waals surface area contributed by atoms with E-state index in [-0.39, 0.29) is 5.97 Å². The van der Waals surface area contributed by atoms with Crippen molar-refractivity contribution in [2.75, 3.05) is 7.11 Å². The van der Waals surface area contributed by atoms with Gasteiger partial charge in [-0.1, -0.05) is 24.3 Å². The van der Waals surface area contributed by atoms with Crippen molar-refractivity contribution in [1.29, 1.82) is 0 Å². The van der Waals surface area contributed by atoms with Crippen molar-refractivity contribution in [3.63, 3.8) is 0 Å². The van der Waals surface area contributed by atoms with Gasteiger partial charge in [-0.3, -0.25) is 0 Å². The normalized spacial score (nSPS) is 11.2. The van der Waals surface area contributed by atoms with Gasteiger partial charge in [-0.25, -0.2) is 4.79 Å². The lowest BCUT2D eigenvalue weighted by Gasteiger charge is -2.06. The Morgan fingerprint density at radius 2 is 2.07 bits per heavy atom. The Morgan fingerprint density at radius 3 is 2.57 bits per heavy atom. The molecule has 0 saturated carbocycles. The minimum absolute atomic E-state index is 0.339. The lowest BCUT2D eigenvalue weighted by molar-refractivity contribution is -0.133. The zero-order chi connectivity index (χ0) is 10.6. The van der Waals surface area contributed by atoms with E-state index < -0.39 is 0 Å². The average Bonchev–Trinajstić information content (AvgIpc) is 2.21. The summed E-state index contributed by atoms with van der Waals surface area (Å²) in [6.45, 7) is 1.80. The largest absolute Gasteiger partial charge is 0.465 e. The van der Waals surface area contributed by atoms with Crippen LogP contribution in [0.5, 0.6) is 0 Å². The molecule has 0 bridgehead atoms. The number of carbonyl (C=O) groups excluding carboxylic acids is 1. The van der Waals surface area contributed by atoms with Crippen LogP contribution in [0.15, 0.2) is 35.2 Å². The van der Waals surface area contributed by atoms with Gasteiger partial charge in [-0.2, -0.15) is 0 Å². The topological polar surface area (TPSA) is 26.3 Å². The molecule has 0 fully saturated rings. The Hall–Kier alpha value is -1.22. The summed E-state index contributed by atoms with van der Waals surface area (Å²) in [6, 6.07) is 7.41. The molecular formula is C11H12O2S. The molecule has 0 aromatic heterocycles. The van der Waals surface area contributed by atoms with Gasteiger partial charge >= 0.3 is 5.97 Å². The van der Waals surface area contributed by atoms with E-state index in [0.717, 1.165) is 10.5 Å². The molecule has 0 atom stereocenters. The number of esters is 1. The summed E-state index contributed by atoms with van der Waals surface area (Å²) in [7, 11) is 1.37. The molecule has 74 valence electrons. The summed E-state index contributed by atoms with van der Waals surface area (Å²) in [5.41, 5.74) is 1.34. The van der Waals surface area contributed by atoms with Gasteiger partial charge in [0.2, 0.25) is 0 Å². The van der Waals surface area contributed by atoms with Crippen molar-refractivity contribution in [3.05, 3.63) is 35.9 Å². The molecule has 0 heterocycles. The SMILES string of the molecule is C/C=C(\C(=O)OC)c1ccccc1S. The van der Waals surface area contributed by atoms with Gasteiger partial charge in [0, 0.05) is 10.5 Å². The fraction of sp³-hybridized carbons (Fsp3) is 0.182. The number of hydrogen-bond donors (Lipinski definition) is 1. The Labute approximate surface area is 89.0 Å². The zero-order valence-corrected chi connectivity index (χ0v) is 9.04. The molecule has 1 aromatic carbocycles. The van der Waals surface area contributed by atoms with E-state index in [2.05, 4.69) is 17.4 Å². The van der Waals surface area contributed by atoms with Crippen molar-refractivity contribution in [1.82, 2.24) is 0 Å². The molecule has 0 radical (unpaired) electrons. The number of carbonyl (C=O) groups is 1. The van der Waals surface area contributed by atoms with E-state index in [4.69, 9.17) is 0 Å². The lowest BCUT2D eigenvalue weighted by atomic mass is 10.1. The first-order chi connectivity index (χ1) is 6.70. The molecule has 0 aliphatic heterocycles. The van der Waals surface area contributed by atoms with Crippen LogP contribution in [-0.4, -0.2) is 13.1 Å². The first-order valence-corrected chi connectivity index (χ1v) is 4.68. The van der Waals surface area contributed by atoms with Crippen LogP contribution in [0.4, 0.5) is 0 Å². The lowest BCUT2D eigenvalue weighted by Crippen LogP contribution is -2.04. The summed E-state index contributed by atoms with van der Waals surface area (Å²) < 4.78 is 4.67. The number of ether oxygens (including phenoxy) is 1. The number of allylic oxidation sites excluding steroid dienone is 1. The third-order valence-electron chi connectivity index (χ3n) is 1.89. The molecule has 0 aliphatic rings. The van der Waals surface area contributed by atoms with E-state index in [1.807, 2.05) is 24.3 Å². The van der Waals surface area contributed by atoms with Crippen molar-refractivity contribution < 1.29 is 9.53 Å². The standard InChI is InChI=1S/C11H12O2S/c1-3-8(11(12)13-2)9-6-4-5-7-10(9)14/h3-7,14H,1-2H3/b8-3-. The molecule has 1 aromatic rings. The number of thiol groups is 1. The van der Waals surface area contributed by atoms with Crippen LogP contribution in [0.2, 0.25) is 0 Å². The molecule has 0 N–H and O–H groups in total. The molecule has 1 rings (SSSR count). The summed E-state index contributed by atoms with van der Waals surface area (Å²) in [5.74, 6) is -0.339. The van der Waals surface area contributed by atoms with Gasteiger partial charge in [0.1, 0.15) is 0 Å². The quantitative estimate of drug-likeness (QED) is 0.459. The first kappa shape index (κ1) is 10.9. The van der Waals surface area contributed by atoms with E-state index in [9.17, 15) is 4.79 Å². The highest BCUT2D eigenvalue weighted by Crippen LogP contribution is 2.22. The maximum Gasteiger partial charge on any atom is 0.338 e. The molecule has 0 spiro atoms. The Bertz CT molecular complexity index is 369. The van der Waals surface area contributed by atoms with Crippen LogP contribution >= 0.6 is 12.6 Å². The number of hydrogen-bond acceptors (Lipinski definition) is 3. The van der Waals surface area contributed by atoms with Crippen molar-refractivity contribution in [2.45, 2.75) is 11.8 Å².